The summed E-state index contributed by atoms with van der Waals surface area (Å²) in [5.74, 6) is 0. The van der Waals surface area contributed by atoms with Crippen molar-refractivity contribution in [2.24, 2.45) is 0 Å². The van der Waals surface area contributed by atoms with Crippen molar-refractivity contribution in [1.29, 1.82) is 0 Å². The van der Waals surface area contributed by atoms with Gasteiger partial charge in [0, 0.05) is 16.7 Å². The summed E-state index contributed by atoms with van der Waals surface area (Å²) >= 11 is 3.29. The molecule has 0 radical (unpaired) electrons. The Balaban J connectivity index is 2.34. The molecule has 0 aliphatic heterocycles. The molecule has 0 atom stereocenters. The number of anilines is 1. The van der Waals surface area contributed by atoms with E-state index in [0.29, 0.717) is 16.7 Å². The van der Waals surface area contributed by atoms with Gasteiger partial charge < -0.3 is 5.32 Å². The molecular formula is C14H16BrN3O2S. The van der Waals surface area contributed by atoms with E-state index in [2.05, 4.69) is 31.0 Å². The van der Waals surface area contributed by atoms with E-state index in [1.54, 1.807) is 24.3 Å². The molecule has 1 heterocycles. The maximum absolute atomic E-state index is 12.5. The zero-order valence-corrected chi connectivity index (χ0v) is 14.1. The number of aryl methyl sites for hydroxylation is 1. The molecular weight excluding hydrogens is 354 g/mol. The Morgan fingerprint density at radius 3 is 2.62 bits per heavy atom. The van der Waals surface area contributed by atoms with Crippen LogP contribution in [0.5, 0.6) is 0 Å². The summed E-state index contributed by atoms with van der Waals surface area (Å²) in [6, 6.07) is 8.68. The van der Waals surface area contributed by atoms with Crippen LogP contribution in [0.1, 0.15) is 11.3 Å². The van der Waals surface area contributed by atoms with Crippen molar-refractivity contribution in [2.75, 3.05) is 11.8 Å². The molecule has 1 aromatic carbocycles. The highest BCUT2D eigenvalue weighted by atomic mass is 79.9. The van der Waals surface area contributed by atoms with Crippen LogP contribution in [0.15, 0.2) is 45.9 Å². The third-order valence-corrected chi connectivity index (χ3v) is 5.20. The molecule has 0 aliphatic carbocycles. The summed E-state index contributed by atoms with van der Waals surface area (Å²) in [6.07, 6.45) is 1.50. The zero-order valence-electron chi connectivity index (χ0n) is 11.7. The standard InChI is InChI=1S/C14H16BrN3O2S/c1-10-3-5-12(9-17-10)18-21(19,20)14-7-11(8-16-2)4-6-13(14)15/h3-7,9,16,18H,8H2,1-2H3. The van der Waals surface area contributed by atoms with E-state index in [1.807, 2.05) is 20.0 Å². The lowest BCUT2D eigenvalue weighted by Crippen LogP contribution is -2.15. The third kappa shape index (κ3) is 4.03. The molecule has 2 N–H and O–H groups in total. The molecule has 0 amide bonds. The van der Waals surface area contributed by atoms with Crippen molar-refractivity contribution in [3.05, 3.63) is 52.3 Å². The molecule has 0 aliphatic rings. The van der Waals surface area contributed by atoms with Gasteiger partial charge in [0.25, 0.3) is 10.0 Å². The molecule has 0 saturated heterocycles. The highest BCUT2D eigenvalue weighted by Gasteiger charge is 2.18. The molecule has 0 saturated carbocycles. The van der Waals surface area contributed by atoms with Crippen molar-refractivity contribution in [3.8, 4) is 0 Å². The van der Waals surface area contributed by atoms with Gasteiger partial charge in [-0.1, -0.05) is 6.07 Å². The second kappa shape index (κ2) is 6.55. The van der Waals surface area contributed by atoms with Gasteiger partial charge in [-0.15, -0.1) is 0 Å². The van der Waals surface area contributed by atoms with Crippen LogP contribution < -0.4 is 10.0 Å². The Bertz CT molecular complexity index is 730. The topological polar surface area (TPSA) is 71.1 Å². The van der Waals surface area contributed by atoms with Crippen molar-refractivity contribution in [1.82, 2.24) is 10.3 Å². The minimum absolute atomic E-state index is 0.204. The van der Waals surface area contributed by atoms with Gasteiger partial charge in [0.2, 0.25) is 0 Å². The zero-order chi connectivity index (χ0) is 15.5. The number of benzene rings is 1. The molecule has 5 nitrogen and oxygen atoms in total. The van der Waals surface area contributed by atoms with Crippen LogP contribution in [-0.2, 0) is 16.6 Å². The summed E-state index contributed by atoms with van der Waals surface area (Å²) in [6.45, 7) is 2.44. The molecule has 0 fully saturated rings. The third-order valence-electron chi connectivity index (χ3n) is 2.83. The number of sulfonamides is 1. The highest BCUT2D eigenvalue weighted by molar-refractivity contribution is 9.10. The first-order chi connectivity index (χ1) is 9.92. The first-order valence-corrected chi connectivity index (χ1v) is 8.58. The van der Waals surface area contributed by atoms with E-state index in [-0.39, 0.29) is 4.90 Å². The normalized spacial score (nSPS) is 11.4. The molecule has 0 spiro atoms. The van der Waals surface area contributed by atoms with Crippen molar-refractivity contribution < 1.29 is 8.42 Å². The minimum Gasteiger partial charge on any atom is -0.316 e. The smallest absolute Gasteiger partial charge is 0.263 e. The Kier molecular flexibility index (Phi) is 4.97. The summed E-state index contributed by atoms with van der Waals surface area (Å²) in [4.78, 5) is 4.28. The second-order valence-corrected chi connectivity index (χ2v) is 7.09. The highest BCUT2D eigenvalue weighted by Crippen LogP contribution is 2.25. The van der Waals surface area contributed by atoms with Crippen molar-refractivity contribution >= 4 is 31.6 Å². The lowest BCUT2D eigenvalue weighted by Gasteiger charge is -2.11. The summed E-state index contributed by atoms with van der Waals surface area (Å²) in [7, 11) is -1.85. The fraction of sp³-hybridized carbons (Fsp3) is 0.214. The van der Waals surface area contributed by atoms with Crippen LogP contribution >= 0.6 is 15.9 Å². The Morgan fingerprint density at radius 1 is 1.24 bits per heavy atom. The quantitative estimate of drug-likeness (QED) is 0.849. The van der Waals surface area contributed by atoms with Crippen LogP contribution in [0.4, 0.5) is 5.69 Å². The Labute approximate surface area is 133 Å². The molecule has 112 valence electrons. The Morgan fingerprint density at radius 2 is 2.00 bits per heavy atom. The van der Waals surface area contributed by atoms with Crippen LogP contribution in [-0.4, -0.2) is 20.4 Å². The predicted molar refractivity (Wildman–Crippen MR) is 86.7 cm³/mol. The molecule has 0 unspecified atom stereocenters. The predicted octanol–water partition coefficient (Wildman–Crippen LogP) is 2.67. The number of hydrogen-bond acceptors (Lipinski definition) is 4. The number of halogens is 1. The maximum Gasteiger partial charge on any atom is 0.263 e. The Hall–Kier alpha value is -1.44. The maximum atomic E-state index is 12.5. The van der Waals surface area contributed by atoms with Crippen LogP contribution in [0, 0.1) is 6.92 Å². The van der Waals surface area contributed by atoms with Gasteiger partial charge >= 0.3 is 0 Å². The molecule has 2 aromatic rings. The fourth-order valence-corrected chi connectivity index (χ4v) is 3.86. The number of nitrogens with zero attached hydrogens (tertiary/aromatic N) is 1. The van der Waals surface area contributed by atoms with Crippen LogP contribution in [0.3, 0.4) is 0 Å². The number of aromatic nitrogens is 1. The number of pyridine rings is 1. The van der Waals surface area contributed by atoms with Crippen molar-refractivity contribution in [2.45, 2.75) is 18.4 Å². The molecule has 1 aromatic heterocycles. The fourth-order valence-electron chi connectivity index (χ4n) is 1.81. The van der Waals surface area contributed by atoms with E-state index in [0.717, 1.165) is 11.3 Å². The van der Waals surface area contributed by atoms with Gasteiger partial charge in [0.1, 0.15) is 4.90 Å². The first-order valence-electron chi connectivity index (χ1n) is 6.31. The van der Waals surface area contributed by atoms with Crippen LogP contribution in [0.25, 0.3) is 0 Å². The van der Waals surface area contributed by atoms with Gasteiger partial charge in [-0.05, 0) is 59.7 Å². The largest absolute Gasteiger partial charge is 0.316 e. The van der Waals surface area contributed by atoms with E-state index < -0.39 is 10.0 Å². The number of nitrogens with one attached hydrogen (secondary N) is 2. The average Bonchev–Trinajstić information content (AvgIpc) is 2.43. The van der Waals surface area contributed by atoms with Gasteiger partial charge in [0.15, 0.2) is 0 Å². The second-order valence-electron chi connectivity index (χ2n) is 4.59. The van der Waals surface area contributed by atoms with Crippen molar-refractivity contribution in [3.63, 3.8) is 0 Å². The summed E-state index contributed by atoms with van der Waals surface area (Å²) in [5.41, 5.74) is 2.16. The van der Waals surface area contributed by atoms with E-state index in [4.69, 9.17) is 0 Å². The number of hydrogen-bond donors (Lipinski definition) is 2. The summed E-state index contributed by atoms with van der Waals surface area (Å²) < 4.78 is 28.0. The average molecular weight is 370 g/mol. The van der Waals surface area contributed by atoms with Gasteiger partial charge in [0.05, 0.1) is 11.9 Å². The lowest BCUT2D eigenvalue weighted by atomic mass is 10.2. The minimum atomic E-state index is -3.66. The first kappa shape index (κ1) is 15.9. The SMILES string of the molecule is CNCc1ccc(Br)c(S(=O)(=O)Nc2ccc(C)nc2)c1. The molecule has 7 heteroatoms. The van der Waals surface area contributed by atoms with Gasteiger partial charge in [-0.3, -0.25) is 9.71 Å². The summed E-state index contributed by atoms with van der Waals surface area (Å²) in [5, 5.41) is 3.00. The lowest BCUT2D eigenvalue weighted by molar-refractivity contribution is 0.600. The van der Waals surface area contributed by atoms with E-state index in [1.165, 1.54) is 6.20 Å². The van der Waals surface area contributed by atoms with Gasteiger partial charge in [-0.25, -0.2) is 8.42 Å². The van der Waals surface area contributed by atoms with Gasteiger partial charge in [-0.2, -0.15) is 0 Å². The van der Waals surface area contributed by atoms with Crippen LogP contribution in [0.2, 0.25) is 0 Å². The molecule has 21 heavy (non-hydrogen) atoms. The van der Waals surface area contributed by atoms with E-state index >= 15 is 0 Å². The monoisotopic (exact) mass is 369 g/mol. The molecule has 2 rings (SSSR count). The van der Waals surface area contributed by atoms with E-state index in [9.17, 15) is 8.42 Å². The number of rotatable bonds is 5. The molecule has 0 bridgehead atoms.